The van der Waals surface area contributed by atoms with Crippen molar-refractivity contribution >= 4 is 29.3 Å². The van der Waals surface area contributed by atoms with Gasteiger partial charge in [0.15, 0.2) is 4.34 Å². The first-order valence-electron chi connectivity index (χ1n) is 6.95. The summed E-state index contributed by atoms with van der Waals surface area (Å²) in [5.41, 5.74) is -0.577. The van der Waals surface area contributed by atoms with E-state index in [4.69, 9.17) is 4.74 Å². The van der Waals surface area contributed by atoms with Crippen LogP contribution in [0, 0.1) is 5.92 Å². The van der Waals surface area contributed by atoms with Crippen LogP contribution in [0.25, 0.3) is 0 Å². The van der Waals surface area contributed by atoms with E-state index in [1.54, 1.807) is 11.8 Å². The molecule has 1 aliphatic rings. The predicted molar refractivity (Wildman–Crippen MR) is 81.2 cm³/mol. The molecule has 1 aromatic heterocycles. The highest BCUT2D eigenvalue weighted by molar-refractivity contribution is 8.01. The van der Waals surface area contributed by atoms with E-state index >= 15 is 0 Å². The predicted octanol–water partition coefficient (Wildman–Crippen LogP) is 2.12. The average molecular weight is 315 g/mol. The van der Waals surface area contributed by atoms with Crippen molar-refractivity contribution in [3.63, 3.8) is 0 Å². The van der Waals surface area contributed by atoms with E-state index in [-0.39, 0.29) is 5.97 Å². The standard InChI is InChI=1S/C13H21N3O2S2/c1-4-10-15-12(20-16-10)19-8-13(14-5-2,9-6-7-9)11(17)18-3/h9,14H,4-8H2,1-3H3. The van der Waals surface area contributed by atoms with E-state index in [1.807, 2.05) is 13.8 Å². The van der Waals surface area contributed by atoms with Gasteiger partial charge in [-0.2, -0.15) is 4.37 Å². The fourth-order valence-corrected chi connectivity index (χ4v) is 4.28. The Morgan fingerprint density at radius 1 is 1.55 bits per heavy atom. The molecule has 0 spiro atoms. The van der Waals surface area contributed by atoms with Crippen LogP contribution < -0.4 is 5.32 Å². The number of nitrogens with zero attached hydrogens (tertiary/aromatic N) is 2. The number of methoxy groups -OCH3 is 1. The zero-order valence-electron chi connectivity index (χ0n) is 12.1. The molecule has 0 aliphatic heterocycles. The van der Waals surface area contributed by atoms with Gasteiger partial charge < -0.3 is 10.1 Å². The topological polar surface area (TPSA) is 64.1 Å². The number of carbonyl (C=O) groups is 1. The lowest BCUT2D eigenvalue weighted by atomic mass is 9.95. The molecule has 1 aliphatic carbocycles. The molecule has 1 unspecified atom stereocenters. The maximum Gasteiger partial charge on any atom is 0.327 e. The quantitative estimate of drug-likeness (QED) is 0.585. The third kappa shape index (κ3) is 3.32. The van der Waals surface area contributed by atoms with Crippen LogP contribution in [0.2, 0.25) is 0 Å². The first kappa shape index (κ1) is 15.7. The fraction of sp³-hybridized carbons (Fsp3) is 0.769. The smallest absolute Gasteiger partial charge is 0.327 e. The van der Waals surface area contributed by atoms with Crippen LogP contribution in [0.15, 0.2) is 4.34 Å². The monoisotopic (exact) mass is 315 g/mol. The number of carbonyl (C=O) groups excluding carboxylic acids is 1. The molecule has 7 heteroatoms. The minimum Gasteiger partial charge on any atom is -0.468 e. The van der Waals surface area contributed by atoms with Crippen molar-refractivity contribution in [3.05, 3.63) is 5.82 Å². The Kier molecular flexibility index (Phi) is 5.40. The minimum absolute atomic E-state index is 0.158. The normalized spacial score (nSPS) is 17.8. The molecule has 1 aromatic rings. The Hall–Kier alpha value is -0.660. The molecule has 1 atom stereocenters. The number of ether oxygens (including phenoxy) is 1. The van der Waals surface area contributed by atoms with E-state index in [0.717, 1.165) is 36.0 Å². The van der Waals surface area contributed by atoms with Gasteiger partial charge in [-0.15, -0.1) is 0 Å². The first-order valence-corrected chi connectivity index (χ1v) is 8.71. The van der Waals surface area contributed by atoms with E-state index in [9.17, 15) is 4.79 Å². The molecule has 1 saturated carbocycles. The van der Waals surface area contributed by atoms with Crippen LogP contribution in [-0.4, -0.2) is 40.3 Å². The minimum atomic E-state index is -0.577. The summed E-state index contributed by atoms with van der Waals surface area (Å²) in [5.74, 6) is 1.74. The molecule has 0 bridgehead atoms. The van der Waals surface area contributed by atoms with Crippen molar-refractivity contribution in [1.82, 2.24) is 14.7 Å². The second-order valence-electron chi connectivity index (χ2n) is 4.89. The third-order valence-corrected chi connectivity index (χ3v) is 5.57. The van der Waals surface area contributed by atoms with Gasteiger partial charge >= 0.3 is 5.97 Å². The molecule has 1 N–H and O–H groups in total. The maximum atomic E-state index is 12.3. The van der Waals surface area contributed by atoms with E-state index in [2.05, 4.69) is 14.7 Å². The molecular formula is C13H21N3O2S2. The van der Waals surface area contributed by atoms with Gasteiger partial charge in [-0.3, -0.25) is 4.79 Å². The molecule has 1 fully saturated rings. The molecule has 0 saturated heterocycles. The number of nitrogens with one attached hydrogen (secondary N) is 1. The third-order valence-electron chi connectivity index (χ3n) is 3.51. The number of hydrogen-bond acceptors (Lipinski definition) is 7. The lowest BCUT2D eigenvalue weighted by Gasteiger charge is -2.31. The number of aromatic nitrogens is 2. The van der Waals surface area contributed by atoms with E-state index in [0.29, 0.717) is 11.7 Å². The average Bonchev–Trinajstić information content (AvgIpc) is 3.22. The molecule has 0 aromatic carbocycles. The molecule has 2 rings (SSSR count). The Balaban J connectivity index is 2.08. The summed E-state index contributed by atoms with van der Waals surface area (Å²) in [7, 11) is 1.46. The summed E-state index contributed by atoms with van der Waals surface area (Å²) in [5, 5.41) is 3.36. The van der Waals surface area contributed by atoms with Gasteiger partial charge in [-0.05, 0) is 36.8 Å². The molecule has 0 radical (unpaired) electrons. The van der Waals surface area contributed by atoms with E-state index in [1.165, 1.54) is 18.6 Å². The van der Waals surface area contributed by atoms with Crippen LogP contribution in [0.1, 0.15) is 32.5 Å². The van der Waals surface area contributed by atoms with Crippen molar-refractivity contribution < 1.29 is 9.53 Å². The number of aryl methyl sites for hydroxylation is 1. The van der Waals surface area contributed by atoms with Crippen molar-refractivity contribution in [2.45, 2.75) is 43.0 Å². The van der Waals surface area contributed by atoms with Crippen LogP contribution in [0.5, 0.6) is 0 Å². The van der Waals surface area contributed by atoms with Gasteiger partial charge in [0.1, 0.15) is 11.4 Å². The van der Waals surface area contributed by atoms with Crippen LogP contribution in [-0.2, 0) is 16.0 Å². The summed E-state index contributed by atoms with van der Waals surface area (Å²) in [6.07, 6.45) is 3.01. The summed E-state index contributed by atoms with van der Waals surface area (Å²) in [6.45, 7) is 4.81. The molecule has 20 heavy (non-hydrogen) atoms. The van der Waals surface area contributed by atoms with Gasteiger partial charge in [-0.1, -0.05) is 25.6 Å². The second-order valence-corrected chi connectivity index (χ2v) is 6.86. The summed E-state index contributed by atoms with van der Waals surface area (Å²) < 4.78 is 10.2. The summed E-state index contributed by atoms with van der Waals surface area (Å²) in [6, 6.07) is 0. The molecule has 5 nitrogen and oxygen atoms in total. The van der Waals surface area contributed by atoms with Gasteiger partial charge in [0.25, 0.3) is 0 Å². The van der Waals surface area contributed by atoms with E-state index < -0.39 is 5.54 Å². The Labute approximate surface area is 128 Å². The van der Waals surface area contributed by atoms with Crippen molar-refractivity contribution in [2.24, 2.45) is 5.92 Å². The Morgan fingerprint density at radius 2 is 2.30 bits per heavy atom. The SMILES string of the molecule is CCNC(CSc1nc(CC)ns1)(C(=O)OC)C1CC1. The highest BCUT2D eigenvalue weighted by Crippen LogP contribution is 2.43. The highest BCUT2D eigenvalue weighted by Gasteiger charge is 2.51. The van der Waals surface area contributed by atoms with Crippen molar-refractivity contribution in [3.8, 4) is 0 Å². The highest BCUT2D eigenvalue weighted by atomic mass is 32.2. The lowest BCUT2D eigenvalue weighted by molar-refractivity contribution is -0.148. The van der Waals surface area contributed by atoms with Gasteiger partial charge in [-0.25, -0.2) is 4.98 Å². The molecule has 1 heterocycles. The number of rotatable bonds is 8. The van der Waals surface area contributed by atoms with Gasteiger partial charge in [0, 0.05) is 12.2 Å². The molecule has 112 valence electrons. The number of esters is 1. The van der Waals surface area contributed by atoms with Gasteiger partial charge in [0.05, 0.1) is 7.11 Å². The maximum absolute atomic E-state index is 12.3. The van der Waals surface area contributed by atoms with Crippen LogP contribution >= 0.6 is 23.3 Å². The van der Waals surface area contributed by atoms with Crippen LogP contribution in [0.4, 0.5) is 0 Å². The zero-order valence-corrected chi connectivity index (χ0v) is 13.8. The summed E-state index contributed by atoms with van der Waals surface area (Å²) in [4.78, 5) is 16.7. The zero-order chi connectivity index (χ0) is 14.6. The van der Waals surface area contributed by atoms with Crippen LogP contribution in [0.3, 0.4) is 0 Å². The lowest BCUT2D eigenvalue weighted by Crippen LogP contribution is -2.56. The number of hydrogen-bond donors (Lipinski definition) is 1. The summed E-state index contributed by atoms with van der Waals surface area (Å²) >= 11 is 3.00. The number of thioether (sulfide) groups is 1. The number of likely N-dealkylation sites (N-methyl/N-ethyl adjacent to an activating group) is 1. The fourth-order valence-electron chi connectivity index (χ4n) is 2.30. The second kappa shape index (κ2) is 6.87. The Bertz CT molecular complexity index is 462. The molecular weight excluding hydrogens is 294 g/mol. The molecule has 0 amide bonds. The first-order chi connectivity index (χ1) is 9.66. The van der Waals surface area contributed by atoms with Gasteiger partial charge in [0.2, 0.25) is 0 Å². The Morgan fingerprint density at radius 3 is 2.80 bits per heavy atom. The largest absolute Gasteiger partial charge is 0.468 e. The van der Waals surface area contributed by atoms with Crippen molar-refractivity contribution in [1.29, 1.82) is 0 Å². The van der Waals surface area contributed by atoms with Crippen molar-refractivity contribution in [2.75, 3.05) is 19.4 Å².